The van der Waals surface area contributed by atoms with Gasteiger partial charge in [0.2, 0.25) is 0 Å². The Bertz CT molecular complexity index is 566. The van der Waals surface area contributed by atoms with Crippen molar-refractivity contribution in [1.29, 1.82) is 0 Å². The van der Waals surface area contributed by atoms with Gasteiger partial charge in [-0.3, -0.25) is 0 Å². The van der Waals surface area contributed by atoms with E-state index in [1.165, 1.54) is 36.0 Å². The number of rotatable bonds is 2. The molecule has 96 valence electrons. The maximum absolute atomic E-state index is 3.73. The van der Waals surface area contributed by atoms with Crippen LogP contribution in [0.2, 0.25) is 0 Å². The van der Waals surface area contributed by atoms with Crippen LogP contribution in [0.5, 0.6) is 0 Å². The van der Waals surface area contributed by atoms with Crippen molar-refractivity contribution in [3.63, 3.8) is 0 Å². The van der Waals surface area contributed by atoms with Crippen molar-refractivity contribution in [2.45, 2.75) is 52.1 Å². The SMILES string of the molecule is Cc1c2c(n3ccccc13)CCCC2NC(C)C. The summed E-state index contributed by atoms with van der Waals surface area (Å²) in [6, 6.07) is 7.59. The summed E-state index contributed by atoms with van der Waals surface area (Å²) in [6.45, 7) is 6.74. The third-order valence-electron chi connectivity index (χ3n) is 4.04. The molecule has 0 bridgehead atoms. The zero-order chi connectivity index (χ0) is 12.7. The van der Waals surface area contributed by atoms with Crippen LogP contribution in [0.15, 0.2) is 24.4 Å². The molecule has 0 saturated heterocycles. The largest absolute Gasteiger partial charge is 0.320 e. The second kappa shape index (κ2) is 4.43. The van der Waals surface area contributed by atoms with Gasteiger partial charge in [0, 0.05) is 29.5 Å². The minimum atomic E-state index is 0.536. The lowest BCUT2D eigenvalue weighted by Gasteiger charge is -2.27. The van der Waals surface area contributed by atoms with E-state index in [0.29, 0.717) is 12.1 Å². The summed E-state index contributed by atoms with van der Waals surface area (Å²) in [5, 5.41) is 3.73. The molecule has 1 N–H and O–H groups in total. The molecule has 1 atom stereocenters. The summed E-state index contributed by atoms with van der Waals surface area (Å²) in [4.78, 5) is 0. The average Bonchev–Trinajstić information content (AvgIpc) is 2.65. The molecule has 0 fully saturated rings. The molecule has 18 heavy (non-hydrogen) atoms. The van der Waals surface area contributed by atoms with Gasteiger partial charge in [-0.05, 0) is 49.4 Å². The predicted molar refractivity (Wildman–Crippen MR) is 76.1 cm³/mol. The molecule has 1 aliphatic rings. The quantitative estimate of drug-likeness (QED) is 0.850. The van der Waals surface area contributed by atoms with Crippen molar-refractivity contribution in [1.82, 2.24) is 9.72 Å². The Morgan fingerprint density at radius 3 is 2.94 bits per heavy atom. The first-order valence-electron chi connectivity index (χ1n) is 7.03. The molecule has 0 radical (unpaired) electrons. The number of fused-ring (bicyclic) bond motifs is 3. The van der Waals surface area contributed by atoms with Gasteiger partial charge in [-0.25, -0.2) is 0 Å². The highest BCUT2D eigenvalue weighted by molar-refractivity contribution is 5.62. The molecule has 2 nitrogen and oxygen atoms in total. The van der Waals surface area contributed by atoms with Gasteiger partial charge in [0.1, 0.15) is 0 Å². The summed E-state index contributed by atoms with van der Waals surface area (Å²) in [6.07, 6.45) is 5.98. The fourth-order valence-electron chi connectivity index (χ4n) is 3.37. The molecule has 1 aliphatic carbocycles. The highest BCUT2D eigenvalue weighted by atomic mass is 15.0. The fourth-order valence-corrected chi connectivity index (χ4v) is 3.37. The van der Waals surface area contributed by atoms with Crippen LogP contribution in [0.25, 0.3) is 5.52 Å². The number of hydrogen-bond acceptors (Lipinski definition) is 1. The van der Waals surface area contributed by atoms with Crippen molar-refractivity contribution >= 4 is 5.52 Å². The minimum absolute atomic E-state index is 0.536. The van der Waals surface area contributed by atoms with Gasteiger partial charge in [-0.15, -0.1) is 0 Å². The van der Waals surface area contributed by atoms with E-state index in [1.54, 1.807) is 5.56 Å². The van der Waals surface area contributed by atoms with Gasteiger partial charge in [0.15, 0.2) is 0 Å². The van der Waals surface area contributed by atoms with E-state index in [-0.39, 0.29) is 0 Å². The standard InChI is InChI=1S/C16H22N2/c1-11(2)17-13-7-6-9-15-16(13)12(3)14-8-4-5-10-18(14)15/h4-5,8,10-11,13,17H,6-7,9H2,1-3H3. The summed E-state index contributed by atoms with van der Waals surface area (Å²) < 4.78 is 2.39. The van der Waals surface area contributed by atoms with E-state index in [0.717, 1.165) is 0 Å². The first-order valence-corrected chi connectivity index (χ1v) is 7.03. The summed E-state index contributed by atoms with van der Waals surface area (Å²) >= 11 is 0. The molecule has 1 unspecified atom stereocenters. The number of hydrogen-bond donors (Lipinski definition) is 1. The van der Waals surface area contributed by atoms with Crippen molar-refractivity contribution in [3.05, 3.63) is 41.2 Å². The van der Waals surface area contributed by atoms with Crippen molar-refractivity contribution in [2.24, 2.45) is 0 Å². The molecule has 0 aliphatic heterocycles. The first kappa shape index (κ1) is 11.8. The van der Waals surface area contributed by atoms with Crippen LogP contribution < -0.4 is 5.32 Å². The maximum Gasteiger partial charge on any atom is 0.0485 e. The average molecular weight is 242 g/mol. The van der Waals surface area contributed by atoms with Crippen molar-refractivity contribution in [2.75, 3.05) is 0 Å². The molecule has 0 aromatic carbocycles. The summed E-state index contributed by atoms with van der Waals surface area (Å²) in [5.41, 5.74) is 5.91. The van der Waals surface area contributed by atoms with Gasteiger partial charge in [0.25, 0.3) is 0 Å². The zero-order valence-electron chi connectivity index (χ0n) is 11.5. The Hall–Kier alpha value is -1.28. The number of aromatic nitrogens is 1. The molecule has 2 heterocycles. The third-order valence-corrected chi connectivity index (χ3v) is 4.04. The van der Waals surface area contributed by atoms with E-state index in [2.05, 4.69) is 54.9 Å². The molecule has 0 amide bonds. The molecule has 2 heteroatoms. The van der Waals surface area contributed by atoms with E-state index < -0.39 is 0 Å². The molecular weight excluding hydrogens is 220 g/mol. The van der Waals surface area contributed by atoms with Gasteiger partial charge in [-0.1, -0.05) is 19.9 Å². The van der Waals surface area contributed by atoms with Crippen LogP contribution in [0.3, 0.4) is 0 Å². The molecular formula is C16H22N2. The maximum atomic E-state index is 3.73. The fraction of sp³-hybridized carbons (Fsp3) is 0.500. The molecule has 2 aromatic heterocycles. The van der Waals surface area contributed by atoms with Crippen LogP contribution in [-0.2, 0) is 6.42 Å². The molecule has 0 saturated carbocycles. The Balaban J connectivity index is 2.16. The highest BCUT2D eigenvalue weighted by Crippen LogP contribution is 2.36. The Morgan fingerprint density at radius 2 is 2.17 bits per heavy atom. The second-order valence-electron chi connectivity index (χ2n) is 5.71. The number of pyridine rings is 1. The van der Waals surface area contributed by atoms with E-state index >= 15 is 0 Å². The number of nitrogens with zero attached hydrogens (tertiary/aromatic N) is 1. The highest BCUT2D eigenvalue weighted by Gasteiger charge is 2.26. The monoisotopic (exact) mass is 242 g/mol. The van der Waals surface area contributed by atoms with E-state index in [1.807, 2.05) is 0 Å². The second-order valence-corrected chi connectivity index (χ2v) is 5.71. The lowest BCUT2D eigenvalue weighted by molar-refractivity contribution is 0.420. The van der Waals surface area contributed by atoms with Gasteiger partial charge < -0.3 is 9.72 Å². The normalized spacial score (nSPS) is 19.4. The molecule has 2 aromatic rings. The third kappa shape index (κ3) is 1.76. The van der Waals surface area contributed by atoms with Gasteiger partial charge in [0.05, 0.1) is 0 Å². The van der Waals surface area contributed by atoms with E-state index in [4.69, 9.17) is 0 Å². The lowest BCUT2D eigenvalue weighted by atomic mass is 9.90. The van der Waals surface area contributed by atoms with Crippen molar-refractivity contribution in [3.8, 4) is 0 Å². The smallest absolute Gasteiger partial charge is 0.0485 e. The Morgan fingerprint density at radius 1 is 1.33 bits per heavy atom. The van der Waals surface area contributed by atoms with Gasteiger partial charge >= 0.3 is 0 Å². The van der Waals surface area contributed by atoms with Crippen LogP contribution in [0.1, 0.15) is 49.6 Å². The summed E-state index contributed by atoms with van der Waals surface area (Å²) in [7, 11) is 0. The number of nitrogens with one attached hydrogen (secondary N) is 1. The van der Waals surface area contributed by atoms with Crippen LogP contribution in [0.4, 0.5) is 0 Å². The van der Waals surface area contributed by atoms with Gasteiger partial charge in [-0.2, -0.15) is 0 Å². The Kier molecular flexibility index (Phi) is 2.90. The first-order chi connectivity index (χ1) is 8.68. The van der Waals surface area contributed by atoms with E-state index in [9.17, 15) is 0 Å². The van der Waals surface area contributed by atoms with Crippen LogP contribution >= 0.6 is 0 Å². The predicted octanol–water partition coefficient (Wildman–Crippen LogP) is 3.62. The van der Waals surface area contributed by atoms with Crippen molar-refractivity contribution < 1.29 is 0 Å². The van der Waals surface area contributed by atoms with Crippen LogP contribution in [-0.4, -0.2) is 10.4 Å². The molecule has 3 rings (SSSR count). The van der Waals surface area contributed by atoms with Crippen LogP contribution in [0, 0.1) is 6.92 Å². The topological polar surface area (TPSA) is 16.4 Å². The molecule has 0 spiro atoms. The summed E-state index contributed by atoms with van der Waals surface area (Å²) in [5.74, 6) is 0. The zero-order valence-corrected chi connectivity index (χ0v) is 11.5. The lowest BCUT2D eigenvalue weighted by Crippen LogP contribution is -2.30. The minimum Gasteiger partial charge on any atom is -0.320 e. The number of aryl methyl sites for hydroxylation is 2. The Labute approximate surface area is 109 Å².